The molecule has 1 saturated heterocycles. The molecule has 21 heavy (non-hydrogen) atoms. The maximum absolute atomic E-state index is 10.7. The van der Waals surface area contributed by atoms with E-state index < -0.39 is 5.97 Å². The van der Waals surface area contributed by atoms with Gasteiger partial charge in [-0.15, -0.1) is 5.10 Å². The third-order valence-corrected chi connectivity index (χ3v) is 3.29. The van der Waals surface area contributed by atoms with E-state index in [9.17, 15) is 4.79 Å². The Balaban J connectivity index is 1.61. The van der Waals surface area contributed by atoms with Crippen molar-refractivity contribution in [3.05, 3.63) is 36.4 Å². The van der Waals surface area contributed by atoms with Gasteiger partial charge in [0.15, 0.2) is 11.5 Å². The number of nitrogens with one attached hydrogen (secondary N) is 1. The number of hydrogen-bond acceptors (Lipinski definition) is 7. The summed E-state index contributed by atoms with van der Waals surface area (Å²) >= 11 is 0. The molecule has 0 spiro atoms. The number of aromatic carboxylic acids is 1. The van der Waals surface area contributed by atoms with Crippen LogP contribution in [-0.2, 0) is 0 Å². The fourth-order valence-electron chi connectivity index (χ4n) is 2.27. The Morgan fingerprint density at radius 1 is 1.38 bits per heavy atom. The Bertz CT molecular complexity index is 618. The SMILES string of the molecule is O=C(O)c1cnc(NC2CCN(c3cccnn3)C2)cn1. The van der Waals surface area contributed by atoms with Crippen molar-refractivity contribution in [2.24, 2.45) is 0 Å². The maximum Gasteiger partial charge on any atom is 0.356 e. The molecule has 1 fully saturated rings. The topological polar surface area (TPSA) is 104 Å². The van der Waals surface area contributed by atoms with Crippen molar-refractivity contribution >= 4 is 17.6 Å². The van der Waals surface area contributed by atoms with Gasteiger partial charge in [-0.25, -0.2) is 14.8 Å². The number of rotatable bonds is 4. The highest BCUT2D eigenvalue weighted by Gasteiger charge is 2.23. The van der Waals surface area contributed by atoms with Crippen LogP contribution in [0.15, 0.2) is 30.7 Å². The van der Waals surface area contributed by atoms with E-state index in [1.807, 2.05) is 12.1 Å². The van der Waals surface area contributed by atoms with Crippen LogP contribution in [0.25, 0.3) is 0 Å². The van der Waals surface area contributed by atoms with Crippen molar-refractivity contribution in [3.8, 4) is 0 Å². The Hall–Kier alpha value is -2.77. The average molecular weight is 286 g/mol. The molecule has 3 heterocycles. The maximum atomic E-state index is 10.7. The fraction of sp³-hybridized carbons (Fsp3) is 0.308. The zero-order valence-corrected chi connectivity index (χ0v) is 11.2. The van der Waals surface area contributed by atoms with Crippen molar-refractivity contribution in [1.82, 2.24) is 20.2 Å². The number of hydrogen-bond donors (Lipinski definition) is 2. The van der Waals surface area contributed by atoms with Crippen molar-refractivity contribution < 1.29 is 9.90 Å². The van der Waals surface area contributed by atoms with E-state index in [1.54, 1.807) is 6.20 Å². The second kappa shape index (κ2) is 5.70. The molecule has 0 bridgehead atoms. The monoisotopic (exact) mass is 286 g/mol. The summed E-state index contributed by atoms with van der Waals surface area (Å²) in [7, 11) is 0. The van der Waals surface area contributed by atoms with E-state index in [0.29, 0.717) is 5.82 Å². The number of carboxylic acids is 1. The van der Waals surface area contributed by atoms with Crippen LogP contribution in [0.2, 0.25) is 0 Å². The molecule has 2 N–H and O–H groups in total. The minimum absolute atomic E-state index is 0.0619. The molecule has 1 aliphatic rings. The lowest BCUT2D eigenvalue weighted by Gasteiger charge is -2.17. The zero-order chi connectivity index (χ0) is 14.7. The summed E-state index contributed by atoms with van der Waals surface area (Å²) in [5, 5.41) is 20.0. The Kier molecular flexibility index (Phi) is 3.59. The van der Waals surface area contributed by atoms with Gasteiger partial charge in [-0.2, -0.15) is 5.10 Å². The molecule has 8 nitrogen and oxygen atoms in total. The normalized spacial score (nSPS) is 17.7. The van der Waals surface area contributed by atoms with Gasteiger partial charge in [-0.05, 0) is 18.6 Å². The Morgan fingerprint density at radius 3 is 2.95 bits per heavy atom. The minimum Gasteiger partial charge on any atom is -0.476 e. The molecule has 0 aliphatic carbocycles. The van der Waals surface area contributed by atoms with Gasteiger partial charge in [0.05, 0.1) is 12.4 Å². The summed E-state index contributed by atoms with van der Waals surface area (Å²) in [4.78, 5) is 20.8. The first-order chi connectivity index (χ1) is 10.2. The van der Waals surface area contributed by atoms with Gasteiger partial charge < -0.3 is 15.3 Å². The highest BCUT2D eigenvalue weighted by atomic mass is 16.4. The van der Waals surface area contributed by atoms with E-state index in [4.69, 9.17) is 5.11 Å². The molecule has 108 valence electrons. The van der Waals surface area contributed by atoms with E-state index in [2.05, 4.69) is 30.4 Å². The molecule has 1 aliphatic heterocycles. The lowest BCUT2D eigenvalue weighted by atomic mass is 10.2. The third kappa shape index (κ3) is 3.04. The number of carboxylic acid groups (broad SMARTS) is 1. The standard InChI is InChI=1S/C13H14N6O2/c20-13(21)10-6-15-11(7-14-10)17-9-3-5-19(8-9)12-2-1-4-16-18-12/h1-2,4,6-7,9H,3,5,8H2,(H,15,17)(H,20,21). The van der Waals surface area contributed by atoms with Crippen molar-refractivity contribution in [3.63, 3.8) is 0 Å². The zero-order valence-electron chi connectivity index (χ0n) is 11.2. The molecule has 0 saturated carbocycles. The molecule has 0 radical (unpaired) electrons. The quantitative estimate of drug-likeness (QED) is 0.844. The van der Waals surface area contributed by atoms with Crippen LogP contribution in [0.4, 0.5) is 11.6 Å². The molecule has 2 aromatic heterocycles. The van der Waals surface area contributed by atoms with Crippen molar-refractivity contribution in [2.45, 2.75) is 12.5 Å². The molecule has 1 atom stereocenters. The highest BCUT2D eigenvalue weighted by Crippen LogP contribution is 2.19. The van der Waals surface area contributed by atoms with Gasteiger partial charge >= 0.3 is 5.97 Å². The van der Waals surface area contributed by atoms with Gasteiger partial charge in [-0.3, -0.25) is 0 Å². The summed E-state index contributed by atoms with van der Waals surface area (Å²) in [6, 6.07) is 4.01. The molecule has 0 amide bonds. The summed E-state index contributed by atoms with van der Waals surface area (Å²) in [5.41, 5.74) is -0.0619. The Morgan fingerprint density at radius 2 is 2.29 bits per heavy atom. The molecule has 8 heteroatoms. The molecular formula is C13H14N6O2. The summed E-state index contributed by atoms with van der Waals surface area (Å²) in [6.45, 7) is 1.68. The molecular weight excluding hydrogens is 272 g/mol. The van der Waals surface area contributed by atoms with E-state index >= 15 is 0 Å². The molecule has 2 aromatic rings. The number of carbonyl (C=O) groups is 1. The van der Waals surface area contributed by atoms with Crippen LogP contribution in [0.5, 0.6) is 0 Å². The summed E-state index contributed by atoms with van der Waals surface area (Å²) < 4.78 is 0. The van der Waals surface area contributed by atoms with Crippen LogP contribution in [0.1, 0.15) is 16.9 Å². The average Bonchev–Trinajstić information content (AvgIpc) is 2.97. The van der Waals surface area contributed by atoms with Crippen LogP contribution in [0.3, 0.4) is 0 Å². The van der Waals surface area contributed by atoms with Crippen molar-refractivity contribution in [2.75, 3.05) is 23.3 Å². The van der Waals surface area contributed by atoms with Crippen LogP contribution in [-0.4, -0.2) is 50.4 Å². The third-order valence-electron chi connectivity index (χ3n) is 3.29. The second-order valence-corrected chi connectivity index (χ2v) is 4.75. The summed E-state index contributed by atoms with van der Waals surface area (Å²) in [5.74, 6) is 0.351. The van der Waals surface area contributed by atoms with Gasteiger partial charge in [0.2, 0.25) is 0 Å². The lowest BCUT2D eigenvalue weighted by molar-refractivity contribution is 0.0690. The van der Waals surface area contributed by atoms with Crippen LogP contribution >= 0.6 is 0 Å². The molecule has 3 rings (SSSR count). The van der Waals surface area contributed by atoms with Gasteiger partial charge in [0.1, 0.15) is 5.82 Å². The van der Waals surface area contributed by atoms with Crippen LogP contribution < -0.4 is 10.2 Å². The van der Waals surface area contributed by atoms with Crippen molar-refractivity contribution in [1.29, 1.82) is 0 Å². The van der Waals surface area contributed by atoms with E-state index in [1.165, 1.54) is 12.4 Å². The predicted octanol–water partition coefficient (Wildman–Crippen LogP) is 0.656. The van der Waals surface area contributed by atoms with E-state index in [-0.39, 0.29) is 11.7 Å². The first kappa shape index (κ1) is 13.2. The van der Waals surface area contributed by atoms with E-state index in [0.717, 1.165) is 25.3 Å². The highest BCUT2D eigenvalue weighted by molar-refractivity contribution is 5.84. The smallest absolute Gasteiger partial charge is 0.356 e. The fourth-order valence-corrected chi connectivity index (χ4v) is 2.27. The molecule has 0 aromatic carbocycles. The van der Waals surface area contributed by atoms with Gasteiger partial charge in [0, 0.05) is 25.3 Å². The van der Waals surface area contributed by atoms with Gasteiger partial charge in [0.25, 0.3) is 0 Å². The lowest BCUT2D eigenvalue weighted by Crippen LogP contribution is -2.27. The number of aromatic nitrogens is 4. The number of anilines is 2. The number of nitrogens with zero attached hydrogens (tertiary/aromatic N) is 5. The second-order valence-electron chi connectivity index (χ2n) is 4.75. The van der Waals surface area contributed by atoms with Gasteiger partial charge in [-0.1, -0.05) is 0 Å². The Labute approximate surface area is 120 Å². The molecule has 1 unspecified atom stereocenters. The summed E-state index contributed by atoms with van der Waals surface area (Å²) in [6.07, 6.45) is 5.28. The minimum atomic E-state index is -1.08. The predicted molar refractivity (Wildman–Crippen MR) is 75.3 cm³/mol. The first-order valence-electron chi connectivity index (χ1n) is 6.57. The van der Waals surface area contributed by atoms with Crippen LogP contribution in [0, 0.1) is 0 Å². The largest absolute Gasteiger partial charge is 0.476 e. The first-order valence-corrected chi connectivity index (χ1v) is 6.57.